The van der Waals surface area contributed by atoms with E-state index in [9.17, 15) is 0 Å². The number of unbranched alkanes of at least 4 members (excludes halogenated alkanes) is 30. The Morgan fingerprint density at radius 2 is 0.476 bits per heavy atom. The van der Waals surface area contributed by atoms with E-state index in [1.54, 1.807) is 0 Å². The minimum atomic E-state index is -0.0233. The predicted octanol–water partition coefficient (Wildman–Crippen LogP) is 13.9. The van der Waals surface area contributed by atoms with Crippen molar-refractivity contribution >= 4 is 17.0 Å². The van der Waals surface area contributed by atoms with E-state index < -0.39 is 0 Å². The number of hydrogen-bond acceptors (Lipinski definition) is 4. The summed E-state index contributed by atoms with van der Waals surface area (Å²) in [5.41, 5.74) is 0. The standard InChI is InChI=1S/2C18H38N.2Mo.S2/c2*1-2-3-4-5-6-7-8-9-10-11-12-13-14-15-16-17-18-19;;;1-2/h2*19H,2-18H2,1H3;;;/q2*-1;2*+2;-2. The van der Waals surface area contributed by atoms with Crippen LogP contribution in [-0.2, 0) is 35.1 Å². The quantitative estimate of drug-likeness (QED) is 0.0368. The van der Waals surface area contributed by atoms with Gasteiger partial charge in [0, 0.05) is 0 Å². The fourth-order valence-corrected chi connectivity index (χ4v) is 19.0. The van der Waals surface area contributed by atoms with Crippen molar-refractivity contribution in [2.24, 2.45) is 0 Å². The second-order valence-electron chi connectivity index (χ2n) is 12.7. The van der Waals surface area contributed by atoms with Crippen LogP contribution in [0.4, 0.5) is 0 Å². The zero-order chi connectivity index (χ0) is 30.3. The van der Waals surface area contributed by atoms with E-state index >= 15 is 0 Å². The average Bonchev–Trinajstić information content (AvgIpc) is 3.00. The van der Waals surface area contributed by atoms with Crippen LogP contribution < -0.4 is 7.75 Å². The third-order valence-corrected chi connectivity index (χ3v) is 23.7. The van der Waals surface area contributed by atoms with Crippen molar-refractivity contribution < 1.29 is 35.1 Å². The van der Waals surface area contributed by atoms with Crippen LogP contribution in [0.25, 0.3) is 0 Å². The summed E-state index contributed by atoms with van der Waals surface area (Å²) in [6, 6.07) is 0. The molecule has 0 amide bonds. The van der Waals surface area contributed by atoms with Crippen molar-refractivity contribution in [3.05, 3.63) is 0 Å². The summed E-state index contributed by atoms with van der Waals surface area (Å²) in [4.78, 5) is 0. The predicted molar refractivity (Wildman–Crippen MR) is 190 cm³/mol. The van der Waals surface area contributed by atoms with E-state index in [0.717, 1.165) is 0 Å². The SMILES string of the molecule is CCCCCCCCCCCCCCCCCC[NH][Mo][S][S][Mo][NH]CCCCCCCCCCCCCCCCCC. The van der Waals surface area contributed by atoms with Gasteiger partial charge in [0.15, 0.2) is 0 Å². The Labute approximate surface area is 290 Å². The Balaban J connectivity index is 3.02. The van der Waals surface area contributed by atoms with Crippen LogP contribution in [0.1, 0.15) is 219 Å². The molecule has 6 heteroatoms. The van der Waals surface area contributed by atoms with Gasteiger partial charge in [-0.2, -0.15) is 0 Å². The van der Waals surface area contributed by atoms with Gasteiger partial charge in [-0.25, -0.2) is 0 Å². The molecule has 0 fully saturated rings. The van der Waals surface area contributed by atoms with Gasteiger partial charge in [-0.3, -0.25) is 0 Å². The summed E-state index contributed by atoms with van der Waals surface area (Å²) < 4.78 is 7.52. The molecule has 0 heterocycles. The molecule has 0 aromatic carbocycles. The fourth-order valence-electron chi connectivity index (χ4n) is 5.65. The number of hydrogen-bond donors (Lipinski definition) is 2. The molecule has 0 saturated carbocycles. The van der Waals surface area contributed by atoms with E-state index in [2.05, 4.69) is 38.6 Å². The number of nitrogens with one attached hydrogen (secondary N) is 2. The Kier molecular flexibility index (Phi) is 45.0. The van der Waals surface area contributed by atoms with E-state index in [4.69, 9.17) is 0 Å². The summed E-state index contributed by atoms with van der Waals surface area (Å²) in [5, 5.41) is 0. The molecule has 0 unspecified atom stereocenters. The maximum atomic E-state index is 3.76. The molecule has 0 aliphatic rings. The normalized spacial score (nSPS) is 11.6. The Hall–Kier alpha value is 2.00. The van der Waals surface area contributed by atoms with Crippen molar-refractivity contribution in [3.8, 4) is 0 Å². The van der Waals surface area contributed by atoms with Crippen LogP contribution in [0, 0.1) is 0 Å². The summed E-state index contributed by atoms with van der Waals surface area (Å²) in [6.45, 7) is 7.14. The third-order valence-electron chi connectivity index (χ3n) is 8.48. The molecular weight excluding hydrogens is 716 g/mol. The van der Waals surface area contributed by atoms with Crippen LogP contribution in [0.15, 0.2) is 0 Å². The van der Waals surface area contributed by atoms with Crippen LogP contribution in [0.2, 0.25) is 0 Å². The topological polar surface area (TPSA) is 24.1 Å². The summed E-state index contributed by atoms with van der Waals surface area (Å²) in [7, 11) is 4.32. The molecular formula is C36H76Mo2N2S2. The van der Waals surface area contributed by atoms with E-state index in [1.165, 1.54) is 219 Å². The molecule has 0 rings (SSSR count). The smallest absolute Gasteiger partial charge is 0.0654 e. The molecule has 2 N–H and O–H groups in total. The first kappa shape index (κ1) is 44.0. The zero-order valence-corrected chi connectivity index (χ0v) is 34.3. The molecule has 0 saturated heterocycles. The van der Waals surface area contributed by atoms with Crippen molar-refractivity contribution in [2.45, 2.75) is 219 Å². The molecule has 0 aliphatic heterocycles. The molecule has 0 bridgehead atoms. The first-order valence-electron chi connectivity index (χ1n) is 19.0. The van der Waals surface area contributed by atoms with Crippen molar-refractivity contribution in [2.75, 3.05) is 13.1 Å². The van der Waals surface area contributed by atoms with Gasteiger partial charge < -0.3 is 0 Å². The van der Waals surface area contributed by atoms with Crippen LogP contribution in [0.3, 0.4) is 0 Å². The summed E-state index contributed by atoms with van der Waals surface area (Å²) in [5.74, 6) is 0. The van der Waals surface area contributed by atoms with Gasteiger partial charge in [0.05, 0.1) is 0 Å². The van der Waals surface area contributed by atoms with Crippen LogP contribution in [-0.4, -0.2) is 13.1 Å². The monoisotopic (exact) mass is 796 g/mol. The number of rotatable bonds is 39. The maximum absolute atomic E-state index is 3.76. The molecule has 42 heavy (non-hydrogen) atoms. The minimum absolute atomic E-state index is 0.0233. The third kappa shape index (κ3) is 42.0. The van der Waals surface area contributed by atoms with Crippen LogP contribution >= 0.6 is 17.0 Å². The molecule has 0 radical (unpaired) electrons. The van der Waals surface area contributed by atoms with Gasteiger partial charge in [-0.05, 0) is 0 Å². The molecule has 0 spiro atoms. The van der Waals surface area contributed by atoms with Crippen LogP contribution in [0.5, 0.6) is 0 Å². The second kappa shape index (κ2) is 43.0. The minimum Gasteiger partial charge on any atom is -0.0654 e. The van der Waals surface area contributed by atoms with Gasteiger partial charge in [0.25, 0.3) is 0 Å². The van der Waals surface area contributed by atoms with Crippen molar-refractivity contribution in [1.29, 1.82) is 0 Å². The van der Waals surface area contributed by atoms with E-state index in [1.807, 2.05) is 0 Å². The zero-order valence-electron chi connectivity index (χ0n) is 28.7. The molecule has 2 nitrogen and oxygen atoms in total. The van der Waals surface area contributed by atoms with E-state index in [-0.39, 0.29) is 35.1 Å². The Morgan fingerprint density at radius 1 is 0.286 bits per heavy atom. The van der Waals surface area contributed by atoms with Gasteiger partial charge in [-0.1, -0.05) is 90.9 Å². The van der Waals surface area contributed by atoms with Gasteiger partial charge in [0.2, 0.25) is 0 Å². The molecule has 0 aromatic rings. The first-order chi connectivity index (χ1) is 20.9. The average molecular weight is 793 g/mol. The molecule has 0 aliphatic carbocycles. The molecule has 0 atom stereocenters. The van der Waals surface area contributed by atoms with Gasteiger partial charge in [0.1, 0.15) is 0 Å². The molecule has 254 valence electrons. The summed E-state index contributed by atoms with van der Waals surface area (Å²) >= 11 is -0.0466. The first-order valence-corrected chi connectivity index (χ1v) is 28.0. The van der Waals surface area contributed by atoms with Crippen molar-refractivity contribution in [3.63, 3.8) is 0 Å². The second-order valence-corrected chi connectivity index (χ2v) is 24.0. The van der Waals surface area contributed by atoms with Gasteiger partial charge >= 0.3 is 201 Å². The van der Waals surface area contributed by atoms with Crippen molar-refractivity contribution in [1.82, 2.24) is 7.75 Å². The molecule has 0 aromatic heterocycles. The van der Waals surface area contributed by atoms with E-state index in [0.29, 0.717) is 0 Å². The Morgan fingerprint density at radius 3 is 0.690 bits per heavy atom. The fraction of sp³-hybridized carbons (Fsp3) is 1.00. The summed E-state index contributed by atoms with van der Waals surface area (Å²) in [6.07, 6.45) is 46.7. The van der Waals surface area contributed by atoms with Gasteiger partial charge in [-0.15, -0.1) is 0 Å². The Bertz CT molecular complexity index is 420.